The van der Waals surface area contributed by atoms with Gasteiger partial charge in [-0.1, -0.05) is 50.3 Å². The van der Waals surface area contributed by atoms with E-state index in [0.29, 0.717) is 12.8 Å². The lowest BCUT2D eigenvalue weighted by molar-refractivity contribution is -0.298. The number of hydrogen-bond donors (Lipinski definition) is 6. The number of aliphatic hydroxyl groups excluding tert-OH is 4. The first-order valence-corrected chi connectivity index (χ1v) is 12.7. The highest BCUT2D eigenvalue weighted by Gasteiger charge is 2.48. The number of nitrogens with one attached hydrogen (secondary N) is 1. The lowest BCUT2D eigenvalue weighted by atomic mass is 9.99. The molecule has 1 heterocycles. The number of aliphatic hydroxyl groups is 4. The van der Waals surface area contributed by atoms with Gasteiger partial charge in [0.05, 0.1) is 25.4 Å². The second kappa shape index (κ2) is 16.1. The van der Waals surface area contributed by atoms with Crippen LogP contribution < -0.4 is 5.32 Å². The number of hydrogen-bond acceptors (Lipinski definition) is 10. The summed E-state index contributed by atoms with van der Waals surface area (Å²) in [4.78, 5) is 12.4. The van der Waals surface area contributed by atoms with Crippen molar-refractivity contribution in [2.75, 3.05) is 13.2 Å². The Hall–Kier alpha value is -1.68. The summed E-state index contributed by atoms with van der Waals surface area (Å²) in [6, 6.07) is -0.977. The van der Waals surface area contributed by atoms with Crippen molar-refractivity contribution in [3.8, 4) is 0 Å². The molecule has 35 heavy (non-hydrogen) atoms. The molecular formula is C22H37NO11S. The third-order valence-electron chi connectivity index (χ3n) is 4.97. The van der Waals surface area contributed by atoms with Crippen molar-refractivity contribution in [1.29, 1.82) is 0 Å². The van der Waals surface area contributed by atoms with Gasteiger partial charge in [0.1, 0.15) is 24.4 Å². The van der Waals surface area contributed by atoms with E-state index in [-0.39, 0.29) is 6.42 Å². The maximum Gasteiger partial charge on any atom is 0.397 e. The molecule has 1 rings (SSSR count). The van der Waals surface area contributed by atoms with Crippen molar-refractivity contribution in [2.45, 2.75) is 82.4 Å². The van der Waals surface area contributed by atoms with Gasteiger partial charge in [0.2, 0.25) is 5.91 Å². The van der Waals surface area contributed by atoms with Gasteiger partial charge in [-0.25, -0.2) is 4.18 Å². The zero-order chi connectivity index (χ0) is 26.4. The Kier molecular flexibility index (Phi) is 14.5. The summed E-state index contributed by atoms with van der Waals surface area (Å²) in [5.74, 6) is -0.403. The molecule has 0 saturated carbocycles. The summed E-state index contributed by atoms with van der Waals surface area (Å²) in [5, 5.41) is 43.0. The summed E-state index contributed by atoms with van der Waals surface area (Å²) < 4.78 is 46.2. The Bertz CT molecular complexity index is 814. The molecule has 1 amide bonds. The van der Waals surface area contributed by atoms with Gasteiger partial charge < -0.3 is 35.2 Å². The number of ether oxygens (including phenoxy) is 2. The predicted octanol–water partition coefficient (Wildman–Crippen LogP) is -0.255. The summed E-state index contributed by atoms with van der Waals surface area (Å²) >= 11 is 0. The summed E-state index contributed by atoms with van der Waals surface area (Å²) in [7, 11) is -5.06. The highest BCUT2D eigenvalue weighted by molar-refractivity contribution is 7.80. The van der Waals surface area contributed by atoms with E-state index in [0.717, 1.165) is 6.42 Å². The molecular weight excluding hydrogens is 486 g/mol. The minimum absolute atomic E-state index is 0.0479. The molecule has 0 aromatic heterocycles. The van der Waals surface area contributed by atoms with E-state index in [4.69, 9.17) is 14.0 Å². The number of carbonyl (C=O) groups is 1. The van der Waals surface area contributed by atoms with E-state index >= 15 is 0 Å². The average Bonchev–Trinajstić information content (AvgIpc) is 2.80. The Morgan fingerprint density at radius 2 is 1.74 bits per heavy atom. The normalized spacial score (nSPS) is 27.6. The number of carbonyl (C=O) groups excluding carboxylic acids is 1. The molecule has 0 aromatic carbocycles. The molecule has 12 nitrogen and oxygen atoms in total. The lowest BCUT2D eigenvalue weighted by Gasteiger charge is -2.41. The fourth-order valence-electron chi connectivity index (χ4n) is 3.17. The van der Waals surface area contributed by atoms with E-state index in [1.165, 1.54) is 6.08 Å². The molecule has 7 atom stereocenters. The van der Waals surface area contributed by atoms with Crippen LogP contribution in [0.2, 0.25) is 0 Å². The van der Waals surface area contributed by atoms with Crippen LogP contribution in [-0.2, 0) is 28.9 Å². The fraction of sp³-hybridized carbons (Fsp3) is 0.682. The molecule has 6 N–H and O–H groups in total. The van der Waals surface area contributed by atoms with Gasteiger partial charge in [-0.05, 0) is 19.3 Å². The Balaban J connectivity index is 2.87. The van der Waals surface area contributed by atoms with Gasteiger partial charge >= 0.3 is 10.4 Å². The standard InChI is InChI=1S/C22H37NO11S/c1-3-5-7-8-9-10-12-18(26)23-15(16(25)11-6-4-2)14-32-22-20(28)21(34-35(29,30)31)19(27)17(13-24)33-22/h5-7,9-11,15-17,19-22,24-25,27-28H,3-4,8,12-14H2,1-2H3,(H,23,26)(H,29,30,31)/b7-5?,10-9?,11-6+/t15-,16+,17+,19-,20+,21-,22+/m0/s1. The number of amides is 1. The fourth-order valence-corrected chi connectivity index (χ4v) is 3.68. The molecule has 0 radical (unpaired) electrons. The third kappa shape index (κ3) is 11.7. The van der Waals surface area contributed by atoms with Gasteiger partial charge in [-0.15, -0.1) is 0 Å². The summed E-state index contributed by atoms with van der Waals surface area (Å²) in [5.41, 5.74) is 0. The number of rotatable bonds is 15. The number of allylic oxidation sites excluding steroid dienone is 4. The molecule has 1 aliphatic heterocycles. The molecule has 1 fully saturated rings. The second-order valence-electron chi connectivity index (χ2n) is 7.82. The van der Waals surface area contributed by atoms with E-state index in [1.807, 2.05) is 32.1 Å². The quantitative estimate of drug-likeness (QED) is 0.122. The maximum absolute atomic E-state index is 12.4. The van der Waals surface area contributed by atoms with E-state index in [2.05, 4.69) is 9.50 Å². The van der Waals surface area contributed by atoms with Crippen LogP contribution in [0.25, 0.3) is 0 Å². The minimum atomic E-state index is -5.06. The van der Waals surface area contributed by atoms with Crippen LogP contribution in [0.1, 0.15) is 39.5 Å². The lowest BCUT2D eigenvalue weighted by Crippen LogP contribution is -2.61. The van der Waals surface area contributed by atoms with Crippen molar-refractivity contribution in [1.82, 2.24) is 5.32 Å². The van der Waals surface area contributed by atoms with Crippen LogP contribution in [0.15, 0.2) is 36.5 Å². The minimum Gasteiger partial charge on any atom is -0.394 e. The van der Waals surface area contributed by atoms with Gasteiger partial charge in [0.15, 0.2) is 6.29 Å². The van der Waals surface area contributed by atoms with Crippen molar-refractivity contribution in [3.63, 3.8) is 0 Å². The highest BCUT2D eigenvalue weighted by atomic mass is 32.3. The zero-order valence-electron chi connectivity index (χ0n) is 19.8. The van der Waals surface area contributed by atoms with Crippen LogP contribution in [0, 0.1) is 0 Å². The van der Waals surface area contributed by atoms with Crippen LogP contribution in [0.3, 0.4) is 0 Å². The highest BCUT2D eigenvalue weighted by Crippen LogP contribution is 2.25. The smallest absolute Gasteiger partial charge is 0.394 e. The van der Waals surface area contributed by atoms with Crippen LogP contribution in [0.4, 0.5) is 0 Å². The molecule has 0 aliphatic carbocycles. The van der Waals surface area contributed by atoms with Gasteiger partial charge in [-0.3, -0.25) is 9.35 Å². The van der Waals surface area contributed by atoms with Crippen molar-refractivity contribution in [2.24, 2.45) is 0 Å². The monoisotopic (exact) mass is 523 g/mol. The predicted molar refractivity (Wildman–Crippen MR) is 125 cm³/mol. The average molecular weight is 524 g/mol. The molecule has 0 bridgehead atoms. The largest absolute Gasteiger partial charge is 0.397 e. The summed E-state index contributed by atoms with van der Waals surface area (Å²) in [6.45, 7) is 2.70. The molecule has 1 aliphatic rings. The molecule has 1 saturated heterocycles. The first kappa shape index (κ1) is 31.4. The van der Waals surface area contributed by atoms with Crippen LogP contribution in [0.5, 0.6) is 0 Å². The second-order valence-corrected chi connectivity index (χ2v) is 8.87. The van der Waals surface area contributed by atoms with E-state index in [9.17, 15) is 33.6 Å². The third-order valence-corrected chi connectivity index (χ3v) is 5.43. The molecule has 0 unspecified atom stereocenters. The maximum atomic E-state index is 12.4. The van der Waals surface area contributed by atoms with Gasteiger partial charge in [-0.2, -0.15) is 8.42 Å². The Labute approximate surface area is 205 Å². The van der Waals surface area contributed by atoms with E-state index < -0.39 is 72.4 Å². The van der Waals surface area contributed by atoms with Crippen LogP contribution >= 0.6 is 0 Å². The first-order valence-electron chi connectivity index (χ1n) is 11.4. The van der Waals surface area contributed by atoms with Crippen molar-refractivity contribution >= 4 is 16.3 Å². The van der Waals surface area contributed by atoms with Gasteiger partial charge in [0, 0.05) is 6.42 Å². The van der Waals surface area contributed by atoms with Crippen molar-refractivity contribution < 1.29 is 51.8 Å². The van der Waals surface area contributed by atoms with Crippen LogP contribution in [-0.4, -0.2) is 95.4 Å². The topological polar surface area (TPSA) is 192 Å². The molecule has 0 spiro atoms. The Morgan fingerprint density at radius 1 is 1.09 bits per heavy atom. The SMILES string of the molecule is CCC=CCC=CCC(=O)N[C@@H](CO[C@@H]1O[C@H](CO)[C@H](O)[C@H](OS(=O)(=O)O)[C@H]1O)[C@H](O)/C=C/CC. The van der Waals surface area contributed by atoms with Gasteiger partial charge in [0.25, 0.3) is 0 Å². The molecule has 202 valence electrons. The Morgan fingerprint density at radius 3 is 2.34 bits per heavy atom. The zero-order valence-corrected chi connectivity index (χ0v) is 20.7. The molecule has 0 aromatic rings. The van der Waals surface area contributed by atoms with E-state index in [1.54, 1.807) is 12.2 Å². The molecule has 13 heteroatoms. The van der Waals surface area contributed by atoms with Crippen molar-refractivity contribution in [3.05, 3.63) is 36.5 Å². The first-order chi connectivity index (χ1) is 16.5. The summed E-state index contributed by atoms with van der Waals surface area (Å²) in [6.07, 6.45) is 3.11.